The van der Waals surface area contributed by atoms with Gasteiger partial charge in [-0.2, -0.15) is 5.10 Å². The van der Waals surface area contributed by atoms with Crippen molar-refractivity contribution in [1.82, 2.24) is 14.6 Å². The molecule has 3 rings (SSSR count). The zero-order chi connectivity index (χ0) is 20.4. The summed E-state index contributed by atoms with van der Waals surface area (Å²) in [5.41, 5.74) is -0.516. The summed E-state index contributed by atoms with van der Waals surface area (Å²) in [6, 6.07) is 7.04. The van der Waals surface area contributed by atoms with E-state index in [1.54, 1.807) is 6.92 Å². The topological polar surface area (TPSA) is 108 Å². The van der Waals surface area contributed by atoms with Gasteiger partial charge in [-0.25, -0.2) is 9.80 Å². The number of benzene rings is 1. The van der Waals surface area contributed by atoms with Gasteiger partial charge in [0, 0.05) is 23.9 Å². The largest absolute Gasteiger partial charge is 0.494 e. The smallest absolute Gasteiger partial charge is 0.331 e. The molecule has 0 fully saturated rings. The average molecular weight is 447 g/mol. The van der Waals surface area contributed by atoms with E-state index in [9.17, 15) is 19.5 Å². The van der Waals surface area contributed by atoms with Gasteiger partial charge in [0.15, 0.2) is 0 Å². The number of hydrazone groups is 1. The molecule has 1 aliphatic rings. The van der Waals surface area contributed by atoms with Crippen molar-refractivity contribution in [1.29, 1.82) is 0 Å². The van der Waals surface area contributed by atoms with Crippen LogP contribution in [0.2, 0.25) is 0 Å². The third-order valence-electron chi connectivity index (χ3n) is 4.50. The van der Waals surface area contributed by atoms with Crippen LogP contribution in [0.5, 0.6) is 5.88 Å². The number of carbonyl (C=O) groups is 1. The van der Waals surface area contributed by atoms with Crippen LogP contribution in [0.25, 0.3) is 0 Å². The standard InChI is InChI=1S/C19H19BrN4O4/c1-3-9-23-18(27)16(17(26)21-19(23)28)13-10-14(24(22-13)15(25)4-2)11-5-7-12(20)8-6-11/h3,5-8,14,27H,1,4,9-10H2,2H3,(H,21,26,28). The van der Waals surface area contributed by atoms with Gasteiger partial charge in [0.05, 0.1) is 11.8 Å². The predicted octanol–water partition coefficient (Wildman–Crippen LogP) is 2.28. The minimum absolute atomic E-state index is 0.0233. The normalized spacial score (nSPS) is 16.1. The van der Waals surface area contributed by atoms with Gasteiger partial charge in [0.1, 0.15) is 5.56 Å². The fraction of sp³-hybridized carbons (Fsp3) is 0.263. The Hall–Kier alpha value is -2.94. The Morgan fingerprint density at radius 1 is 1.39 bits per heavy atom. The Labute approximate surface area is 168 Å². The van der Waals surface area contributed by atoms with E-state index in [0.29, 0.717) is 0 Å². The number of hydrogen-bond acceptors (Lipinski definition) is 5. The number of H-pyrrole nitrogens is 1. The van der Waals surface area contributed by atoms with Crippen LogP contribution in [0.1, 0.15) is 36.9 Å². The van der Waals surface area contributed by atoms with E-state index in [4.69, 9.17) is 0 Å². The second-order valence-corrected chi connectivity index (χ2v) is 7.18. The minimum atomic E-state index is -0.748. The maximum atomic E-state index is 12.4. The Kier molecular flexibility index (Phi) is 5.64. The number of allylic oxidation sites excluding steroid dienone is 1. The molecule has 1 aromatic heterocycles. The number of carbonyl (C=O) groups excluding carboxylic acids is 1. The van der Waals surface area contributed by atoms with Crippen LogP contribution in [0, 0.1) is 0 Å². The molecule has 0 saturated heterocycles. The SMILES string of the molecule is C=CCn1c(O)c(C2=NN(C(=O)CC)C(c3ccc(Br)cc3)C2)c(=O)[nH]c1=O. The number of hydrogen-bond donors (Lipinski definition) is 2. The van der Waals surface area contributed by atoms with Gasteiger partial charge in [-0.3, -0.25) is 19.1 Å². The zero-order valence-corrected chi connectivity index (χ0v) is 16.8. The van der Waals surface area contributed by atoms with Crippen molar-refractivity contribution in [3.8, 4) is 5.88 Å². The van der Waals surface area contributed by atoms with Gasteiger partial charge in [-0.05, 0) is 17.7 Å². The maximum absolute atomic E-state index is 12.4. The molecular weight excluding hydrogens is 428 g/mol. The summed E-state index contributed by atoms with van der Waals surface area (Å²) in [7, 11) is 0. The first-order valence-electron chi connectivity index (χ1n) is 8.69. The molecule has 2 aromatic rings. The first kappa shape index (κ1) is 19.8. The number of aromatic amines is 1. The molecule has 146 valence electrons. The lowest BCUT2D eigenvalue weighted by Crippen LogP contribution is -2.33. The number of nitrogens with one attached hydrogen (secondary N) is 1. The molecule has 9 heteroatoms. The van der Waals surface area contributed by atoms with Crippen LogP contribution in [0.4, 0.5) is 0 Å². The molecule has 1 aromatic carbocycles. The molecule has 0 radical (unpaired) electrons. The Balaban J connectivity index is 2.10. The molecule has 1 atom stereocenters. The zero-order valence-electron chi connectivity index (χ0n) is 15.2. The number of nitrogens with zero attached hydrogens (tertiary/aromatic N) is 3. The molecular formula is C19H19BrN4O4. The highest BCUT2D eigenvalue weighted by Gasteiger charge is 2.35. The Morgan fingerprint density at radius 2 is 2.07 bits per heavy atom. The van der Waals surface area contributed by atoms with Crippen molar-refractivity contribution < 1.29 is 9.90 Å². The molecule has 1 unspecified atom stereocenters. The molecule has 28 heavy (non-hydrogen) atoms. The first-order valence-corrected chi connectivity index (χ1v) is 9.49. The lowest BCUT2D eigenvalue weighted by Gasteiger charge is -2.21. The highest BCUT2D eigenvalue weighted by atomic mass is 79.9. The molecule has 2 heterocycles. The summed E-state index contributed by atoms with van der Waals surface area (Å²) in [4.78, 5) is 38.9. The molecule has 0 spiro atoms. The van der Waals surface area contributed by atoms with Crippen LogP contribution >= 0.6 is 15.9 Å². The van der Waals surface area contributed by atoms with Gasteiger partial charge in [0.2, 0.25) is 11.8 Å². The molecule has 1 amide bonds. The van der Waals surface area contributed by atoms with Gasteiger partial charge >= 0.3 is 5.69 Å². The summed E-state index contributed by atoms with van der Waals surface area (Å²) in [5.74, 6) is -0.703. The highest BCUT2D eigenvalue weighted by Crippen LogP contribution is 2.34. The molecule has 0 bridgehead atoms. The Bertz CT molecular complexity index is 1070. The van der Waals surface area contributed by atoms with Gasteiger partial charge < -0.3 is 5.11 Å². The van der Waals surface area contributed by atoms with Crippen molar-refractivity contribution >= 4 is 27.5 Å². The fourth-order valence-electron chi connectivity index (χ4n) is 3.12. The molecule has 2 N–H and O–H groups in total. The number of aromatic nitrogens is 2. The molecule has 0 aliphatic carbocycles. The van der Waals surface area contributed by atoms with Crippen molar-refractivity contribution in [3.63, 3.8) is 0 Å². The summed E-state index contributed by atoms with van der Waals surface area (Å²) >= 11 is 3.38. The van der Waals surface area contributed by atoms with Crippen LogP contribution in [-0.2, 0) is 11.3 Å². The van der Waals surface area contributed by atoms with Crippen molar-refractivity contribution in [2.24, 2.45) is 5.10 Å². The van der Waals surface area contributed by atoms with Gasteiger partial charge in [0.25, 0.3) is 5.56 Å². The molecule has 1 aliphatic heterocycles. The lowest BCUT2D eigenvalue weighted by molar-refractivity contribution is -0.132. The summed E-state index contributed by atoms with van der Waals surface area (Å²) < 4.78 is 1.89. The minimum Gasteiger partial charge on any atom is -0.494 e. The molecule has 0 saturated carbocycles. The van der Waals surface area contributed by atoms with Gasteiger partial charge in [-0.15, -0.1) is 6.58 Å². The number of amides is 1. The number of rotatable bonds is 5. The van der Waals surface area contributed by atoms with Crippen LogP contribution in [-0.4, -0.2) is 31.3 Å². The quantitative estimate of drug-likeness (QED) is 0.686. The van der Waals surface area contributed by atoms with E-state index in [2.05, 4.69) is 32.6 Å². The monoisotopic (exact) mass is 446 g/mol. The Morgan fingerprint density at radius 3 is 2.68 bits per heavy atom. The second kappa shape index (κ2) is 7.97. The first-order chi connectivity index (χ1) is 13.4. The van der Waals surface area contributed by atoms with E-state index < -0.39 is 23.2 Å². The molecule has 8 nitrogen and oxygen atoms in total. The van der Waals surface area contributed by atoms with Crippen molar-refractivity contribution in [2.45, 2.75) is 32.4 Å². The maximum Gasteiger partial charge on any atom is 0.331 e. The van der Waals surface area contributed by atoms with Crippen molar-refractivity contribution in [2.75, 3.05) is 0 Å². The van der Waals surface area contributed by atoms with Crippen LogP contribution in [0.15, 0.2) is 56.1 Å². The predicted molar refractivity (Wildman–Crippen MR) is 108 cm³/mol. The van der Waals surface area contributed by atoms with Crippen LogP contribution < -0.4 is 11.2 Å². The summed E-state index contributed by atoms with van der Waals surface area (Å²) in [6.45, 7) is 5.29. The fourth-order valence-corrected chi connectivity index (χ4v) is 3.38. The van der Waals surface area contributed by atoms with E-state index in [1.165, 1.54) is 11.1 Å². The number of halogens is 1. The highest BCUT2D eigenvalue weighted by molar-refractivity contribution is 9.10. The average Bonchev–Trinajstić information content (AvgIpc) is 3.09. The van der Waals surface area contributed by atoms with Crippen molar-refractivity contribution in [3.05, 3.63) is 73.4 Å². The summed E-state index contributed by atoms with van der Waals surface area (Å²) in [5, 5.41) is 16.2. The third-order valence-corrected chi connectivity index (χ3v) is 5.02. The number of aromatic hydroxyl groups is 1. The third kappa shape index (κ3) is 3.57. The lowest BCUT2D eigenvalue weighted by atomic mass is 9.99. The van der Waals surface area contributed by atoms with E-state index in [0.717, 1.165) is 14.6 Å². The van der Waals surface area contributed by atoms with Crippen LogP contribution in [0.3, 0.4) is 0 Å². The second-order valence-electron chi connectivity index (χ2n) is 6.27. The van der Waals surface area contributed by atoms with Gasteiger partial charge in [-0.1, -0.05) is 41.1 Å². The summed E-state index contributed by atoms with van der Waals surface area (Å²) in [6.07, 6.45) is 1.90. The van der Waals surface area contributed by atoms with E-state index in [-0.39, 0.29) is 36.6 Å². The van der Waals surface area contributed by atoms with E-state index >= 15 is 0 Å². The van der Waals surface area contributed by atoms with E-state index in [1.807, 2.05) is 24.3 Å².